The van der Waals surface area contributed by atoms with Crippen LogP contribution in [-0.4, -0.2) is 43.2 Å². The molecule has 0 aliphatic carbocycles. The van der Waals surface area contributed by atoms with Gasteiger partial charge in [-0.15, -0.1) is 0 Å². The number of nitrogens with zero attached hydrogens (tertiary/aromatic N) is 4. The molecular formula is C26H31BrN4O3. The molecule has 0 bridgehead atoms. The van der Waals surface area contributed by atoms with Gasteiger partial charge in [-0.25, -0.2) is 4.98 Å². The van der Waals surface area contributed by atoms with E-state index in [1.165, 1.54) is 11.1 Å². The number of halogens is 1. The molecule has 7 nitrogen and oxygen atoms in total. The van der Waals surface area contributed by atoms with E-state index in [4.69, 9.17) is 14.5 Å². The number of hydrogen-bond acceptors (Lipinski definition) is 6. The summed E-state index contributed by atoms with van der Waals surface area (Å²) < 4.78 is 13.6. The van der Waals surface area contributed by atoms with Gasteiger partial charge in [0.25, 0.3) is 5.56 Å². The third-order valence-electron chi connectivity index (χ3n) is 6.02. The molecule has 4 rings (SSSR count). The maximum atomic E-state index is 13.4. The Morgan fingerprint density at radius 1 is 1.03 bits per heavy atom. The van der Waals surface area contributed by atoms with Crippen LogP contribution in [0.15, 0.2) is 44.7 Å². The molecule has 180 valence electrons. The van der Waals surface area contributed by atoms with Crippen LogP contribution in [0.1, 0.15) is 51.4 Å². The van der Waals surface area contributed by atoms with Crippen molar-refractivity contribution in [1.82, 2.24) is 9.66 Å². The first kappa shape index (κ1) is 24.3. The monoisotopic (exact) mass is 526 g/mol. The number of rotatable bonds is 5. The van der Waals surface area contributed by atoms with Gasteiger partial charge in [-0.1, -0.05) is 36.7 Å². The second kappa shape index (κ2) is 9.78. The summed E-state index contributed by atoms with van der Waals surface area (Å²) in [6.45, 7) is 8.04. The first-order valence-electron chi connectivity index (χ1n) is 11.5. The standard InChI is InChI=1S/C26H31BrN4O3/c1-26(2,3)25-29-20-10-9-18(27)14-19(20)24(32)31(25)28-16-17-13-23(34-5)21(15-22(17)33-4)30-11-7-6-8-12-30/h9-10,13-16H,6-8,11-12H2,1-5H3. The molecule has 0 spiro atoms. The minimum Gasteiger partial charge on any atom is -0.496 e. The van der Waals surface area contributed by atoms with Crippen LogP contribution in [0.3, 0.4) is 0 Å². The largest absolute Gasteiger partial charge is 0.496 e. The summed E-state index contributed by atoms with van der Waals surface area (Å²) in [6.07, 6.45) is 5.22. The molecule has 1 saturated heterocycles. The highest BCUT2D eigenvalue weighted by molar-refractivity contribution is 9.10. The van der Waals surface area contributed by atoms with Gasteiger partial charge in [-0.2, -0.15) is 9.78 Å². The van der Waals surface area contributed by atoms with E-state index in [0.717, 1.165) is 47.4 Å². The lowest BCUT2D eigenvalue weighted by atomic mass is 9.95. The first-order chi connectivity index (χ1) is 16.2. The Hall–Kier alpha value is -2.87. The van der Waals surface area contributed by atoms with E-state index >= 15 is 0 Å². The molecule has 0 atom stereocenters. The number of anilines is 1. The minimum absolute atomic E-state index is 0.219. The molecule has 0 N–H and O–H groups in total. The summed E-state index contributed by atoms with van der Waals surface area (Å²) in [4.78, 5) is 20.5. The van der Waals surface area contributed by atoms with Crippen molar-refractivity contribution >= 4 is 38.7 Å². The van der Waals surface area contributed by atoms with Crippen LogP contribution in [-0.2, 0) is 5.41 Å². The fourth-order valence-corrected chi connectivity index (χ4v) is 4.61. The molecule has 0 radical (unpaired) electrons. The van der Waals surface area contributed by atoms with Gasteiger partial charge < -0.3 is 14.4 Å². The van der Waals surface area contributed by atoms with Crippen molar-refractivity contribution in [2.24, 2.45) is 5.10 Å². The second-order valence-electron chi connectivity index (χ2n) is 9.52. The number of methoxy groups -OCH3 is 2. The Balaban J connectivity index is 1.84. The van der Waals surface area contributed by atoms with Crippen molar-refractivity contribution in [2.45, 2.75) is 45.4 Å². The fraction of sp³-hybridized carbons (Fsp3) is 0.423. The second-order valence-corrected chi connectivity index (χ2v) is 10.4. The molecule has 0 amide bonds. The van der Waals surface area contributed by atoms with Crippen LogP contribution in [0.25, 0.3) is 10.9 Å². The molecule has 1 aliphatic heterocycles. The van der Waals surface area contributed by atoms with Gasteiger partial charge in [0, 0.05) is 34.6 Å². The molecule has 0 saturated carbocycles. The van der Waals surface area contributed by atoms with Crippen LogP contribution < -0.4 is 19.9 Å². The number of piperidine rings is 1. The lowest BCUT2D eigenvalue weighted by molar-refractivity contribution is 0.401. The maximum absolute atomic E-state index is 13.4. The Labute approximate surface area is 208 Å². The quantitative estimate of drug-likeness (QED) is 0.419. The SMILES string of the molecule is COc1cc(N2CCCCC2)c(OC)cc1C=Nn1c(C(C)(C)C)nc2ccc(Br)cc2c1=O. The van der Waals surface area contributed by atoms with Gasteiger partial charge in [0.15, 0.2) is 0 Å². The topological polar surface area (TPSA) is 69.0 Å². The Kier molecular flexibility index (Phi) is 6.98. The van der Waals surface area contributed by atoms with E-state index in [-0.39, 0.29) is 5.56 Å². The predicted octanol–water partition coefficient (Wildman–Crippen LogP) is 5.35. The average molecular weight is 527 g/mol. The van der Waals surface area contributed by atoms with Crippen molar-refractivity contribution in [3.05, 3.63) is 56.5 Å². The predicted molar refractivity (Wildman–Crippen MR) is 141 cm³/mol. The molecule has 1 fully saturated rings. The fourth-order valence-electron chi connectivity index (χ4n) is 4.25. The van der Waals surface area contributed by atoms with Crippen LogP contribution in [0, 0.1) is 0 Å². The number of fused-ring (bicyclic) bond motifs is 1. The van der Waals surface area contributed by atoms with Gasteiger partial charge in [0.1, 0.15) is 17.3 Å². The number of hydrogen-bond donors (Lipinski definition) is 0. The van der Waals surface area contributed by atoms with E-state index in [9.17, 15) is 4.79 Å². The van der Waals surface area contributed by atoms with Crippen molar-refractivity contribution in [2.75, 3.05) is 32.2 Å². The van der Waals surface area contributed by atoms with Crippen molar-refractivity contribution in [3.8, 4) is 11.5 Å². The van der Waals surface area contributed by atoms with Gasteiger partial charge in [0.2, 0.25) is 0 Å². The van der Waals surface area contributed by atoms with Crippen LogP contribution >= 0.6 is 15.9 Å². The third kappa shape index (κ3) is 4.82. The summed E-state index contributed by atoms with van der Waals surface area (Å²) in [5.41, 5.74) is 1.78. The average Bonchev–Trinajstić information content (AvgIpc) is 2.83. The van der Waals surface area contributed by atoms with Gasteiger partial charge in [-0.05, 0) is 43.5 Å². The molecule has 34 heavy (non-hydrogen) atoms. The molecule has 3 aromatic rings. The zero-order valence-corrected chi connectivity index (χ0v) is 22.0. The number of benzene rings is 2. The van der Waals surface area contributed by atoms with E-state index < -0.39 is 5.41 Å². The highest BCUT2D eigenvalue weighted by Crippen LogP contribution is 2.36. The minimum atomic E-state index is -0.391. The Bertz CT molecular complexity index is 1290. The van der Waals surface area contributed by atoms with E-state index in [1.54, 1.807) is 26.5 Å². The first-order valence-corrected chi connectivity index (χ1v) is 12.3. The Morgan fingerprint density at radius 3 is 2.38 bits per heavy atom. The zero-order valence-electron chi connectivity index (χ0n) is 20.4. The molecule has 1 aliphatic rings. The van der Waals surface area contributed by atoms with Gasteiger partial charge in [0.05, 0.1) is 37.0 Å². The van der Waals surface area contributed by atoms with Crippen molar-refractivity contribution in [1.29, 1.82) is 0 Å². The van der Waals surface area contributed by atoms with Crippen molar-refractivity contribution in [3.63, 3.8) is 0 Å². The highest BCUT2D eigenvalue weighted by Gasteiger charge is 2.23. The highest BCUT2D eigenvalue weighted by atomic mass is 79.9. The summed E-state index contributed by atoms with van der Waals surface area (Å²) in [7, 11) is 3.31. The maximum Gasteiger partial charge on any atom is 0.282 e. The van der Waals surface area contributed by atoms with E-state index in [2.05, 4.69) is 25.9 Å². The summed E-state index contributed by atoms with van der Waals surface area (Å²) >= 11 is 3.45. The molecule has 1 aromatic heterocycles. The van der Waals surface area contributed by atoms with E-state index in [0.29, 0.717) is 22.5 Å². The molecule has 0 unspecified atom stereocenters. The zero-order chi connectivity index (χ0) is 24.5. The van der Waals surface area contributed by atoms with Gasteiger partial charge in [-0.3, -0.25) is 4.79 Å². The number of ether oxygens (including phenoxy) is 2. The van der Waals surface area contributed by atoms with Gasteiger partial charge >= 0.3 is 0 Å². The smallest absolute Gasteiger partial charge is 0.282 e. The molecule has 8 heteroatoms. The molecular weight excluding hydrogens is 496 g/mol. The number of aromatic nitrogens is 2. The lowest BCUT2D eigenvalue weighted by Gasteiger charge is -2.30. The summed E-state index contributed by atoms with van der Waals surface area (Å²) in [5, 5.41) is 5.10. The molecule has 2 heterocycles. The van der Waals surface area contributed by atoms with Crippen LogP contribution in [0.2, 0.25) is 0 Å². The lowest BCUT2D eigenvalue weighted by Crippen LogP contribution is -2.30. The Morgan fingerprint density at radius 2 is 1.74 bits per heavy atom. The van der Waals surface area contributed by atoms with Crippen LogP contribution in [0.4, 0.5) is 5.69 Å². The summed E-state index contributed by atoms with van der Waals surface area (Å²) in [6, 6.07) is 9.42. The van der Waals surface area contributed by atoms with E-state index in [1.807, 2.05) is 45.0 Å². The summed E-state index contributed by atoms with van der Waals surface area (Å²) in [5.74, 6) is 2.01. The third-order valence-corrected chi connectivity index (χ3v) is 6.51. The normalized spacial score (nSPS) is 14.7. The van der Waals surface area contributed by atoms with Crippen molar-refractivity contribution < 1.29 is 9.47 Å². The molecule has 2 aromatic carbocycles. The van der Waals surface area contributed by atoms with Crippen LogP contribution in [0.5, 0.6) is 11.5 Å².